The first-order chi connectivity index (χ1) is 11.0. The van der Waals surface area contributed by atoms with Crippen molar-refractivity contribution in [1.29, 1.82) is 0 Å². The molecule has 2 fully saturated rings. The highest BCUT2D eigenvalue weighted by molar-refractivity contribution is 5.92. The van der Waals surface area contributed by atoms with Crippen molar-refractivity contribution in [3.8, 4) is 0 Å². The Hall–Kier alpha value is -1.82. The third-order valence-corrected chi connectivity index (χ3v) is 5.00. The Bertz CT molecular complexity index is 598. The Morgan fingerprint density at radius 3 is 2.91 bits per heavy atom. The molecule has 0 radical (unpaired) electrons. The maximum atomic E-state index is 12.2. The number of aryl methyl sites for hydroxylation is 1. The van der Waals surface area contributed by atoms with E-state index in [1.54, 1.807) is 17.6 Å². The first-order valence-corrected chi connectivity index (χ1v) is 8.32. The second-order valence-electron chi connectivity index (χ2n) is 6.72. The van der Waals surface area contributed by atoms with Crippen molar-refractivity contribution in [1.82, 2.24) is 14.8 Å². The van der Waals surface area contributed by atoms with Gasteiger partial charge in [-0.15, -0.1) is 0 Å². The van der Waals surface area contributed by atoms with Crippen LogP contribution in [-0.2, 0) is 16.6 Å². The van der Waals surface area contributed by atoms with E-state index in [9.17, 15) is 9.59 Å². The van der Waals surface area contributed by atoms with E-state index in [2.05, 4.69) is 5.32 Å². The summed E-state index contributed by atoms with van der Waals surface area (Å²) in [5, 5.41) is 2.97. The lowest BCUT2D eigenvalue weighted by Gasteiger charge is -2.38. The van der Waals surface area contributed by atoms with Gasteiger partial charge in [0, 0.05) is 39.8 Å². The Morgan fingerprint density at radius 1 is 1.43 bits per heavy atom. The number of hydrogen-bond donors (Lipinski definition) is 1. The number of carbonyl (C=O) groups excluding carboxylic acids is 2. The number of rotatable bonds is 3. The van der Waals surface area contributed by atoms with Gasteiger partial charge in [0.15, 0.2) is 0 Å². The summed E-state index contributed by atoms with van der Waals surface area (Å²) in [6.07, 6.45) is 5.81. The molecule has 2 saturated heterocycles. The maximum absolute atomic E-state index is 12.2. The van der Waals surface area contributed by atoms with Gasteiger partial charge in [-0.1, -0.05) is 0 Å². The zero-order valence-electron chi connectivity index (χ0n) is 13.9. The van der Waals surface area contributed by atoms with Gasteiger partial charge in [-0.3, -0.25) is 9.59 Å². The molecule has 3 heterocycles. The number of amides is 2. The van der Waals surface area contributed by atoms with E-state index in [1.807, 2.05) is 24.2 Å². The molecule has 0 aromatic carbocycles. The van der Waals surface area contributed by atoms with Crippen molar-refractivity contribution in [2.45, 2.75) is 44.3 Å². The average Bonchev–Trinajstić information content (AvgIpc) is 3.12. The largest absolute Gasteiger partial charge is 0.368 e. The van der Waals surface area contributed by atoms with Crippen LogP contribution in [-0.4, -0.2) is 52.6 Å². The second kappa shape index (κ2) is 6.35. The molecule has 1 aromatic heterocycles. The molecule has 2 aliphatic heterocycles. The van der Waals surface area contributed by atoms with Crippen molar-refractivity contribution >= 4 is 11.8 Å². The van der Waals surface area contributed by atoms with E-state index in [0.29, 0.717) is 18.8 Å². The van der Waals surface area contributed by atoms with Gasteiger partial charge in [-0.25, -0.2) is 0 Å². The summed E-state index contributed by atoms with van der Waals surface area (Å²) < 4.78 is 8.10. The van der Waals surface area contributed by atoms with Crippen LogP contribution in [0.25, 0.3) is 0 Å². The van der Waals surface area contributed by atoms with Crippen LogP contribution < -0.4 is 5.32 Å². The van der Waals surface area contributed by atoms with Crippen molar-refractivity contribution in [3.05, 3.63) is 24.0 Å². The number of nitrogens with one attached hydrogen (secondary N) is 1. The molecule has 0 aliphatic carbocycles. The molecule has 6 nitrogen and oxygen atoms in total. The molecule has 126 valence electrons. The van der Waals surface area contributed by atoms with Gasteiger partial charge in [0.25, 0.3) is 5.91 Å². The molecule has 2 aliphatic rings. The summed E-state index contributed by atoms with van der Waals surface area (Å²) >= 11 is 0. The molecule has 2 atom stereocenters. The first-order valence-electron chi connectivity index (χ1n) is 8.32. The zero-order chi connectivity index (χ0) is 16.4. The smallest absolute Gasteiger partial charge is 0.267 e. The lowest BCUT2D eigenvalue weighted by atomic mass is 9.90. The van der Waals surface area contributed by atoms with Gasteiger partial charge in [0.1, 0.15) is 5.69 Å². The van der Waals surface area contributed by atoms with Crippen molar-refractivity contribution in [3.63, 3.8) is 0 Å². The standard InChI is InChI=1S/C17H25N3O3/c1-13(21)20-10-8-17(12-20)7-3-5-14(23-17)11-18-16(22)15-6-4-9-19(15)2/h4,6,9,14H,3,5,7-8,10-12H2,1-2H3,(H,18,22)/t14-,17+/m0/s1. The number of nitrogens with zero attached hydrogens (tertiary/aromatic N) is 2. The Balaban J connectivity index is 1.54. The third-order valence-electron chi connectivity index (χ3n) is 5.00. The van der Waals surface area contributed by atoms with E-state index in [4.69, 9.17) is 4.74 Å². The number of ether oxygens (including phenoxy) is 1. The molecular weight excluding hydrogens is 294 g/mol. The molecule has 0 saturated carbocycles. The lowest BCUT2D eigenvalue weighted by Crippen LogP contribution is -2.47. The maximum Gasteiger partial charge on any atom is 0.267 e. The highest BCUT2D eigenvalue weighted by atomic mass is 16.5. The summed E-state index contributed by atoms with van der Waals surface area (Å²) in [4.78, 5) is 25.6. The molecule has 0 bridgehead atoms. The summed E-state index contributed by atoms with van der Waals surface area (Å²) in [5.74, 6) is 0.0436. The van der Waals surface area contributed by atoms with Crippen molar-refractivity contribution in [2.24, 2.45) is 7.05 Å². The van der Waals surface area contributed by atoms with Gasteiger partial charge < -0.3 is 19.5 Å². The van der Waals surface area contributed by atoms with Gasteiger partial charge in [-0.05, 0) is 37.8 Å². The molecular formula is C17H25N3O3. The monoisotopic (exact) mass is 319 g/mol. The molecule has 3 rings (SSSR count). The van der Waals surface area contributed by atoms with Crippen LogP contribution in [0.4, 0.5) is 0 Å². The zero-order valence-corrected chi connectivity index (χ0v) is 13.9. The third kappa shape index (κ3) is 3.42. The van der Waals surface area contributed by atoms with Crippen molar-refractivity contribution in [2.75, 3.05) is 19.6 Å². The Kier molecular flexibility index (Phi) is 4.43. The minimum Gasteiger partial charge on any atom is -0.368 e. The average molecular weight is 319 g/mol. The van der Waals surface area contributed by atoms with Gasteiger partial charge in [0.2, 0.25) is 5.91 Å². The van der Waals surface area contributed by atoms with Gasteiger partial charge >= 0.3 is 0 Å². The van der Waals surface area contributed by atoms with Crippen LogP contribution in [0.2, 0.25) is 0 Å². The number of aromatic nitrogens is 1. The Labute approximate surface area is 136 Å². The van der Waals surface area contributed by atoms with E-state index in [1.165, 1.54) is 0 Å². The molecule has 0 unspecified atom stereocenters. The topological polar surface area (TPSA) is 63.6 Å². The van der Waals surface area contributed by atoms with E-state index >= 15 is 0 Å². The predicted molar refractivity (Wildman–Crippen MR) is 86.1 cm³/mol. The second-order valence-corrected chi connectivity index (χ2v) is 6.72. The van der Waals surface area contributed by atoms with Crippen LogP contribution in [0, 0.1) is 0 Å². The van der Waals surface area contributed by atoms with E-state index in [-0.39, 0.29) is 23.5 Å². The highest BCUT2D eigenvalue weighted by Gasteiger charge is 2.43. The predicted octanol–water partition coefficient (Wildman–Crippen LogP) is 1.31. The molecule has 6 heteroatoms. The minimum atomic E-state index is -0.204. The fourth-order valence-electron chi connectivity index (χ4n) is 3.67. The number of carbonyl (C=O) groups is 2. The summed E-state index contributed by atoms with van der Waals surface area (Å²) in [7, 11) is 1.86. The molecule has 23 heavy (non-hydrogen) atoms. The SMILES string of the molecule is CC(=O)N1CC[C@]2(CCC[C@@H](CNC(=O)c3cccn3C)O2)C1. The van der Waals surface area contributed by atoms with E-state index in [0.717, 1.165) is 32.2 Å². The van der Waals surface area contributed by atoms with Crippen LogP contribution in [0.3, 0.4) is 0 Å². The fraction of sp³-hybridized carbons (Fsp3) is 0.647. The highest BCUT2D eigenvalue weighted by Crippen LogP contribution is 2.36. The molecule has 1 aromatic rings. The molecule has 1 spiro atoms. The summed E-state index contributed by atoms with van der Waals surface area (Å²) in [6.45, 7) is 3.59. The summed E-state index contributed by atoms with van der Waals surface area (Å²) in [6, 6.07) is 3.66. The Morgan fingerprint density at radius 2 is 2.26 bits per heavy atom. The minimum absolute atomic E-state index is 0.0277. The van der Waals surface area contributed by atoms with Crippen molar-refractivity contribution < 1.29 is 14.3 Å². The molecule has 2 amide bonds. The quantitative estimate of drug-likeness (QED) is 0.914. The first kappa shape index (κ1) is 16.1. The molecule has 1 N–H and O–H groups in total. The fourth-order valence-corrected chi connectivity index (χ4v) is 3.67. The van der Waals surface area contributed by atoms with Crippen LogP contribution in [0.5, 0.6) is 0 Å². The number of likely N-dealkylation sites (tertiary alicyclic amines) is 1. The van der Waals surface area contributed by atoms with Gasteiger partial charge in [0.05, 0.1) is 11.7 Å². The lowest BCUT2D eigenvalue weighted by molar-refractivity contribution is -0.135. The van der Waals surface area contributed by atoms with Crippen LogP contribution >= 0.6 is 0 Å². The van der Waals surface area contributed by atoms with Crippen LogP contribution in [0.15, 0.2) is 18.3 Å². The normalized spacial score (nSPS) is 27.4. The number of hydrogen-bond acceptors (Lipinski definition) is 3. The van der Waals surface area contributed by atoms with E-state index < -0.39 is 0 Å². The van der Waals surface area contributed by atoms with Gasteiger partial charge in [-0.2, -0.15) is 0 Å². The van der Waals surface area contributed by atoms with Crippen LogP contribution in [0.1, 0.15) is 43.1 Å². The summed E-state index contributed by atoms with van der Waals surface area (Å²) in [5.41, 5.74) is 0.448.